The van der Waals surface area contributed by atoms with Gasteiger partial charge in [0.15, 0.2) is 0 Å². The molecule has 118 valence electrons. The third kappa shape index (κ3) is 3.42. The average molecular weight is 308 g/mol. The van der Waals surface area contributed by atoms with Crippen molar-refractivity contribution in [2.45, 2.75) is 26.7 Å². The van der Waals surface area contributed by atoms with Crippen molar-refractivity contribution in [3.8, 4) is 6.07 Å². The van der Waals surface area contributed by atoms with Crippen molar-refractivity contribution in [1.29, 1.82) is 5.26 Å². The van der Waals surface area contributed by atoms with Gasteiger partial charge in [-0.3, -0.25) is 4.79 Å². The van der Waals surface area contributed by atoms with E-state index in [0.717, 1.165) is 34.9 Å². The number of amides is 1. The second kappa shape index (κ2) is 6.25. The second-order valence-electron chi connectivity index (χ2n) is 6.14. The van der Waals surface area contributed by atoms with E-state index in [1.54, 1.807) is 0 Å². The molecule has 1 amide bonds. The molecule has 0 aliphatic heterocycles. The molecule has 0 spiro atoms. The Morgan fingerprint density at radius 1 is 1.30 bits per heavy atom. The summed E-state index contributed by atoms with van der Waals surface area (Å²) in [6.07, 6.45) is 2.01. The lowest BCUT2D eigenvalue weighted by molar-refractivity contribution is -0.122. The maximum absolute atomic E-state index is 11.6. The standard InChI is InChI=1S/C18H20N4O/c1-11-7-12(2)16-14(8-11)9-15(10-19)17(22-16)20-5-6-21-18(23)13-3-4-13/h7-9,13H,3-6H2,1-2H3,(H,20,22)(H,21,23). The molecule has 23 heavy (non-hydrogen) atoms. The molecule has 3 rings (SSSR count). The zero-order valence-corrected chi connectivity index (χ0v) is 13.4. The fourth-order valence-corrected chi connectivity index (χ4v) is 2.73. The first kappa shape index (κ1) is 15.3. The van der Waals surface area contributed by atoms with Crippen LogP contribution in [-0.4, -0.2) is 24.0 Å². The number of anilines is 1. The number of aromatic nitrogens is 1. The predicted molar refractivity (Wildman–Crippen MR) is 90.2 cm³/mol. The maximum Gasteiger partial charge on any atom is 0.223 e. The Labute approximate surface area is 135 Å². The summed E-state index contributed by atoms with van der Waals surface area (Å²) >= 11 is 0. The highest BCUT2D eigenvalue weighted by Crippen LogP contribution is 2.28. The van der Waals surface area contributed by atoms with E-state index in [0.29, 0.717) is 24.5 Å². The van der Waals surface area contributed by atoms with Crippen LogP contribution in [0.2, 0.25) is 0 Å². The molecular formula is C18H20N4O. The Balaban J connectivity index is 1.74. The van der Waals surface area contributed by atoms with Crippen LogP contribution >= 0.6 is 0 Å². The number of carbonyl (C=O) groups excluding carboxylic acids is 1. The van der Waals surface area contributed by atoms with Crippen LogP contribution in [0.1, 0.15) is 29.5 Å². The molecule has 1 saturated carbocycles. The average Bonchev–Trinajstić information content (AvgIpc) is 3.35. The van der Waals surface area contributed by atoms with E-state index in [-0.39, 0.29) is 11.8 Å². The van der Waals surface area contributed by atoms with Gasteiger partial charge >= 0.3 is 0 Å². The number of rotatable bonds is 5. The van der Waals surface area contributed by atoms with E-state index < -0.39 is 0 Å². The highest BCUT2D eigenvalue weighted by atomic mass is 16.2. The first-order chi connectivity index (χ1) is 11.1. The van der Waals surface area contributed by atoms with E-state index in [4.69, 9.17) is 0 Å². The Morgan fingerprint density at radius 2 is 2.09 bits per heavy atom. The van der Waals surface area contributed by atoms with Crippen LogP contribution in [0.4, 0.5) is 5.82 Å². The molecule has 0 saturated heterocycles. The summed E-state index contributed by atoms with van der Waals surface area (Å²) in [5.41, 5.74) is 3.67. The summed E-state index contributed by atoms with van der Waals surface area (Å²) in [6.45, 7) is 5.14. The molecule has 1 fully saturated rings. The zero-order chi connectivity index (χ0) is 16.4. The van der Waals surface area contributed by atoms with Gasteiger partial charge in [-0.15, -0.1) is 0 Å². The van der Waals surface area contributed by atoms with Gasteiger partial charge in [-0.2, -0.15) is 5.26 Å². The second-order valence-corrected chi connectivity index (χ2v) is 6.14. The normalized spacial score (nSPS) is 13.6. The van der Waals surface area contributed by atoms with E-state index >= 15 is 0 Å². The minimum absolute atomic E-state index is 0.130. The largest absolute Gasteiger partial charge is 0.367 e. The van der Waals surface area contributed by atoms with Crippen LogP contribution < -0.4 is 10.6 Å². The topological polar surface area (TPSA) is 77.8 Å². The van der Waals surface area contributed by atoms with Gasteiger partial charge in [0, 0.05) is 24.4 Å². The number of carbonyl (C=O) groups is 1. The fraction of sp³-hybridized carbons (Fsp3) is 0.389. The monoisotopic (exact) mass is 308 g/mol. The lowest BCUT2D eigenvalue weighted by Gasteiger charge is -2.11. The first-order valence-electron chi connectivity index (χ1n) is 7.92. The van der Waals surface area contributed by atoms with E-state index in [1.807, 2.05) is 26.0 Å². The summed E-state index contributed by atoms with van der Waals surface area (Å²) in [5, 5.41) is 16.4. The van der Waals surface area contributed by atoms with Gasteiger partial charge in [-0.05, 0) is 44.4 Å². The summed E-state index contributed by atoms with van der Waals surface area (Å²) in [6, 6.07) is 8.18. The smallest absolute Gasteiger partial charge is 0.223 e. The Kier molecular flexibility index (Phi) is 4.16. The zero-order valence-electron chi connectivity index (χ0n) is 13.4. The summed E-state index contributed by atoms with van der Waals surface area (Å²) in [5.74, 6) is 0.923. The van der Waals surface area contributed by atoms with Gasteiger partial charge in [-0.1, -0.05) is 11.6 Å². The third-order valence-corrected chi connectivity index (χ3v) is 4.04. The highest BCUT2D eigenvalue weighted by molar-refractivity contribution is 5.86. The molecule has 5 heteroatoms. The molecule has 0 radical (unpaired) electrons. The number of nitrogens with one attached hydrogen (secondary N) is 2. The maximum atomic E-state index is 11.6. The van der Waals surface area contributed by atoms with Gasteiger partial charge < -0.3 is 10.6 Å². The van der Waals surface area contributed by atoms with Crippen molar-refractivity contribution in [3.63, 3.8) is 0 Å². The molecule has 2 aromatic rings. The molecular weight excluding hydrogens is 288 g/mol. The Morgan fingerprint density at radius 3 is 2.78 bits per heavy atom. The molecule has 5 nitrogen and oxygen atoms in total. The molecule has 1 aliphatic carbocycles. The lowest BCUT2D eigenvalue weighted by atomic mass is 10.1. The first-order valence-corrected chi connectivity index (χ1v) is 7.92. The van der Waals surface area contributed by atoms with Gasteiger partial charge in [0.1, 0.15) is 11.9 Å². The number of hydrogen-bond acceptors (Lipinski definition) is 4. The summed E-state index contributed by atoms with van der Waals surface area (Å²) in [4.78, 5) is 16.2. The van der Waals surface area contributed by atoms with Crippen molar-refractivity contribution in [3.05, 3.63) is 34.9 Å². The number of aryl methyl sites for hydroxylation is 2. The number of pyridine rings is 1. The van der Waals surface area contributed by atoms with Crippen molar-refractivity contribution in [2.75, 3.05) is 18.4 Å². The van der Waals surface area contributed by atoms with Gasteiger partial charge in [0.05, 0.1) is 11.1 Å². The molecule has 2 N–H and O–H groups in total. The van der Waals surface area contributed by atoms with Crippen LogP contribution in [0.15, 0.2) is 18.2 Å². The quantitative estimate of drug-likeness (QED) is 0.832. The SMILES string of the molecule is Cc1cc(C)c2nc(NCCNC(=O)C3CC3)c(C#N)cc2c1. The van der Waals surface area contributed by atoms with E-state index in [2.05, 4.69) is 27.8 Å². The molecule has 1 aromatic carbocycles. The third-order valence-electron chi connectivity index (χ3n) is 4.04. The van der Waals surface area contributed by atoms with Crippen LogP contribution in [0, 0.1) is 31.1 Å². The number of benzene rings is 1. The van der Waals surface area contributed by atoms with Crippen LogP contribution in [0.3, 0.4) is 0 Å². The molecule has 1 heterocycles. The Hall–Kier alpha value is -2.61. The van der Waals surface area contributed by atoms with Gasteiger partial charge in [-0.25, -0.2) is 4.98 Å². The summed E-state index contributed by atoms with van der Waals surface area (Å²) in [7, 11) is 0. The molecule has 0 atom stereocenters. The van der Waals surface area contributed by atoms with Crippen LogP contribution in [-0.2, 0) is 4.79 Å². The van der Waals surface area contributed by atoms with Crippen molar-refractivity contribution < 1.29 is 4.79 Å². The van der Waals surface area contributed by atoms with Gasteiger partial charge in [0.2, 0.25) is 5.91 Å². The number of hydrogen-bond donors (Lipinski definition) is 2. The van der Waals surface area contributed by atoms with E-state index in [1.165, 1.54) is 0 Å². The van der Waals surface area contributed by atoms with Crippen molar-refractivity contribution in [2.24, 2.45) is 5.92 Å². The summed E-state index contributed by atoms with van der Waals surface area (Å²) < 4.78 is 0. The minimum atomic E-state index is 0.130. The Bertz CT molecular complexity index is 803. The van der Waals surface area contributed by atoms with Gasteiger partial charge in [0.25, 0.3) is 0 Å². The minimum Gasteiger partial charge on any atom is -0.367 e. The molecule has 1 aromatic heterocycles. The number of fused-ring (bicyclic) bond motifs is 1. The molecule has 0 unspecified atom stereocenters. The van der Waals surface area contributed by atoms with Crippen LogP contribution in [0.5, 0.6) is 0 Å². The molecule has 1 aliphatic rings. The number of nitriles is 1. The number of nitrogens with zero attached hydrogens (tertiary/aromatic N) is 2. The molecule has 0 bridgehead atoms. The lowest BCUT2D eigenvalue weighted by Crippen LogP contribution is -2.30. The van der Waals surface area contributed by atoms with Crippen molar-refractivity contribution >= 4 is 22.6 Å². The van der Waals surface area contributed by atoms with Crippen molar-refractivity contribution in [1.82, 2.24) is 10.3 Å². The van der Waals surface area contributed by atoms with E-state index in [9.17, 15) is 10.1 Å². The fourth-order valence-electron chi connectivity index (χ4n) is 2.73. The highest BCUT2D eigenvalue weighted by Gasteiger charge is 2.28. The predicted octanol–water partition coefficient (Wildman–Crippen LogP) is 2.66. The van der Waals surface area contributed by atoms with Crippen LogP contribution in [0.25, 0.3) is 10.9 Å².